The number of methoxy groups -OCH3 is 1. The molecule has 0 radical (unpaired) electrons. The highest BCUT2D eigenvalue weighted by Gasteiger charge is 2.26. The number of rotatable bonds is 1. The standard InChI is InChI=1S/C15H23NO2/c1-14(2,3)11-9-8-10(13(17)18-7)12(16-11)15(4,5)6/h8-9H,1-7H3. The van der Waals surface area contributed by atoms with Crippen LogP contribution in [0, 0.1) is 0 Å². The lowest BCUT2D eigenvalue weighted by molar-refractivity contribution is 0.0597. The van der Waals surface area contributed by atoms with Crippen LogP contribution in [0.1, 0.15) is 63.3 Å². The molecule has 18 heavy (non-hydrogen) atoms. The number of hydrogen-bond acceptors (Lipinski definition) is 3. The molecule has 0 amide bonds. The fourth-order valence-corrected chi connectivity index (χ4v) is 1.72. The average molecular weight is 249 g/mol. The van der Waals surface area contributed by atoms with Gasteiger partial charge in [0.1, 0.15) is 0 Å². The predicted octanol–water partition coefficient (Wildman–Crippen LogP) is 3.46. The average Bonchev–Trinajstić information content (AvgIpc) is 2.24. The normalized spacial score (nSPS) is 12.4. The summed E-state index contributed by atoms with van der Waals surface area (Å²) in [5.74, 6) is -0.326. The summed E-state index contributed by atoms with van der Waals surface area (Å²) in [5.41, 5.74) is 2.11. The van der Waals surface area contributed by atoms with Crippen molar-refractivity contribution < 1.29 is 9.53 Å². The Bertz CT molecular complexity index is 451. The maximum Gasteiger partial charge on any atom is 0.339 e. The van der Waals surface area contributed by atoms with Gasteiger partial charge < -0.3 is 4.74 Å². The van der Waals surface area contributed by atoms with Gasteiger partial charge in [-0.2, -0.15) is 0 Å². The van der Waals surface area contributed by atoms with E-state index in [4.69, 9.17) is 4.74 Å². The molecule has 0 bridgehead atoms. The van der Waals surface area contributed by atoms with Gasteiger partial charge >= 0.3 is 5.97 Å². The van der Waals surface area contributed by atoms with Crippen LogP contribution in [0.2, 0.25) is 0 Å². The first-order valence-corrected chi connectivity index (χ1v) is 6.17. The minimum absolute atomic E-state index is 0.0331. The molecular formula is C15H23NO2. The highest BCUT2D eigenvalue weighted by atomic mass is 16.5. The predicted molar refractivity (Wildman–Crippen MR) is 73.0 cm³/mol. The lowest BCUT2D eigenvalue weighted by atomic mass is 9.85. The summed E-state index contributed by atoms with van der Waals surface area (Å²) in [7, 11) is 1.40. The Hall–Kier alpha value is -1.38. The van der Waals surface area contributed by atoms with Crippen LogP contribution in [0.15, 0.2) is 12.1 Å². The third-order valence-corrected chi connectivity index (χ3v) is 2.78. The van der Waals surface area contributed by atoms with Gasteiger partial charge in [-0.3, -0.25) is 4.98 Å². The molecule has 1 aromatic rings. The Morgan fingerprint density at radius 2 is 1.61 bits per heavy atom. The summed E-state index contributed by atoms with van der Waals surface area (Å²) < 4.78 is 4.82. The van der Waals surface area contributed by atoms with Gasteiger partial charge in [-0.25, -0.2) is 4.79 Å². The summed E-state index contributed by atoms with van der Waals surface area (Å²) in [6.45, 7) is 12.5. The van der Waals surface area contributed by atoms with Crippen molar-refractivity contribution in [1.82, 2.24) is 4.98 Å². The zero-order valence-electron chi connectivity index (χ0n) is 12.4. The van der Waals surface area contributed by atoms with Gasteiger partial charge in [-0.05, 0) is 12.1 Å². The summed E-state index contributed by atoms with van der Waals surface area (Å²) in [4.78, 5) is 16.5. The Morgan fingerprint density at radius 1 is 1.06 bits per heavy atom. The maximum absolute atomic E-state index is 11.8. The Labute approximate surface area is 110 Å². The lowest BCUT2D eigenvalue weighted by Crippen LogP contribution is -2.23. The Morgan fingerprint density at radius 3 is 2.00 bits per heavy atom. The molecule has 3 nitrogen and oxygen atoms in total. The number of nitrogens with zero attached hydrogens (tertiary/aromatic N) is 1. The zero-order valence-corrected chi connectivity index (χ0v) is 12.4. The first-order chi connectivity index (χ1) is 8.07. The number of carbonyl (C=O) groups excluding carboxylic acids is 1. The smallest absolute Gasteiger partial charge is 0.339 e. The zero-order chi connectivity index (χ0) is 14.1. The molecule has 1 heterocycles. The van der Waals surface area contributed by atoms with E-state index in [9.17, 15) is 4.79 Å². The molecule has 0 unspecified atom stereocenters. The topological polar surface area (TPSA) is 39.2 Å². The second-order valence-electron chi connectivity index (χ2n) is 6.58. The van der Waals surface area contributed by atoms with Crippen LogP contribution < -0.4 is 0 Å². The summed E-state index contributed by atoms with van der Waals surface area (Å²) >= 11 is 0. The molecule has 0 saturated carbocycles. The fourth-order valence-electron chi connectivity index (χ4n) is 1.72. The molecule has 1 rings (SSSR count). The van der Waals surface area contributed by atoms with E-state index in [0.29, 0.717) is 5.56 Å². The van der Waals surface area contributed by atoms with E-state index in [0.717, 1.165) is 11.4 Å². The molecule has 0 atom stereocenters. The van der Waals surface area contributed by atoms with E-state index in [2.05, 4.69) is 25.8 Å². The summed E-state index contributed by atoms with van der Waals surface area (Å²) in [6.07, 6.45) is 0. The Kier molecular flexibility index (Phi) is 3.84. The van der Waals surface area contributed by atoms with Crippen molar-refractivity contribution in [2.45, 2.75) is 52.4 Å². The Balaban J connectivity index is 3.44. The second-order valence-corrected chi connectivity index (χ2v) is 6.58. The van der Waals surface area contributed by atoms with Crippen molar-refractivity contribution in [1.29, 1.82) is 0 Å². The van der Waals surface area contributed by atoms with Crippen molar-refractivity contribution in [3.63, 3.8) is 0 Å². The molecule has 0 spiro atoms. The first kappa shape index (κ1) is 14.7. The summed E-state index contributed by atoms with van der Waals surface area (Å²) in [5, 5.41) is 0. The van der Waals surface area contributed by atoms with Crippen LogP contribution in [0.3, 0.4) is 0 Å². The van der Waals surface area contributed by atoms with Gasteiger partial charge in [0.05, 0.1) is 18.4 Å². The fraction of sp³-hybridized carbons (Fsp3) is 0.600. The third kappa shape index (κ3) is 3.09. The van der Waals surface area contributed by atoms with E-state index < -0.39 is 0 Å². The molecule has 100 valence electrons. The molecule has 0 saturated heterocycles. The minimum atomic E-state index is -0.326. The molecule has 0 aliphatic rings. The quantitative estimate of drug-likeness (QED) is 0.715. The van der Waals surface area contributed by atoms with E-state index >= 15 is 0 Å². The monoisotopic (exact) mass is 249 g/mol. The molecule has 3 heteroatoms. The van der Waals surface area contributed by atoms with E-state index in [1.165, 1.54) is 7.11 Å². The van der Waals surface area contributed by atoms with E-state index in [1.807, 2.05) is 32.9 Å². The summed E-state index contributed by atoms with van der Waals surface area (Å²) in [6, 6.07) is 3.72. The molecule has 0 fully saturated rings. The lowest BCUT2D eigenvalue weighted by Gasteiger charge is -2.25. The van der Waals surface area contributed by atoms with Crippen molar-refractivity contribution in [3.8, 4) is 0 Å². The molecule has 1 aromatic heterocycles. The number of hydrogen-bond donors (Lipinski definition) is 0. The van der Waals surface area contributed by atoms with Gasteiger partial charge in [0.2, 0.25) is 0 Å². The van der Waals surface area contributed by atoms with Crippen LogP contribution in [0.25, 0.3) is 0 Å². The number of pyridine rings is 1. The highest BCUT2D eigenvalue weighted by molar-refractivity contribution is 5.90. The molecular weight excluding hydrogens is 226 g/mol. The van der Waals surface area contributed by atoms with Gasteiger partial charge in [0.15, 0.2) is 0 Å². The van der Waals surface area contributed by atoms with Crippen molar-refractivity contribution in [3.05, 3.63) is 29.1 Å². The number of esters is 1. The first-order valence-electron chi connectivity index (χ1n) is 6.17. The number of ether oxygens (including phenoxy) is 1. The molecule has 0 N–H and O–H groups in total. The minimum Gasteiger partial charge on any atom is -0.465 e. The van der Waals surface area contributed by atoms with Gasteiger partial charge in [-0.1, -0.05) is 41.5 Å². The van der Waals surface area contributed by atoms with Gasteiger partial charge in [0, 0.05) is 16.5 Å². The van der Waals surface area contributed by atoms with Gasteiger partial charge in [-0.15, -0.1) is 0 Å². The molecule has 0 aliphatic heterocycles. The van der Waals surface area contributed by atoms with Crippen molar-refractivity contribution in [2.75, 3.05) is 7.11 Å². The van der Waals surface area contributed by atoms with Crippen molar-refractivity contribution >= 4 is 5.97 Å². The number of carbonyl (C=O) groups is 1. The van der Waals surface area contributed by atoms with Crippen molar-refractivity contribution in [2.24, 2.45) is 0 Å². The van der Waals surface area contributed by atoms with Gasteiger partial charge in [0.25, 0.3) is 0 Å². The van der Waals surface area contributed by atoms with Crippen LogP contribution >= 0.6 is 0 Å². The third-order valence-electron chi connectivity index (χ3n) is 2.78. The SMILES string of the molecule is COC(=O)c1ccc(C(C)(C)C)nc1C(C)(C)C. The van der Waals surface area contributed by atoms with Crippen LogP contribution in [0.4, 0.5) is 0 Å². The molecule has 0 aromatic carbocycles. The van der Waals surface area contributed by atoms with Crippen LogP contribution in [0.5, 0.6) is 0 Å². The van der Waals surface area contributed by atoms with Crippen LogP contribution in [-0.2, 0) is 15.6 Å². The molecule has 0 aliphatic carbocycles. The highest BCUT2D eigenvalue weighted by Crippen LogP contribution is 2.28. The van der Waals surface area contributed by atoms with Crippen LogP contribution in [-0.4, -0.2) is 18.1 Å². The van der Waals surface area contributed by atoms with E-state index in [1.54, 1.807) is 0 Å². The largest absolute Gasteiger partial charge is 0.465 e. The second kappa shape index (κ2) is 4.71. The number of aromatic nitrogens is 1. The van der Waals surface area contributed by atoms with E-state index in [-0.39, 0.29) is 16.8 Å². The maximum atomic E-state index is 11.8.